The lowest BCUT2D eigenvalue weighted by molar-refractivity contribution is 0.138. The Kier molecular flexibility index (Phi) is 9.74. The fourth-order valence-electron chi connectivity index (χ4n) is 6.06. The molecule has 1 N–H and O–H groups in total. The molecule has 0 atom stereocenters. The van der Waals surface area contributed by atoms with Gasteiger partial charge in [-0.3, -0.25) is 4.90 Å². The third-order valence-electron chi connectivity index (χ3n) is 8.44. The molecule has 228 valence electrons. The highest BCUT2D eigenvalue weighted by atomic mass is 16.5. The Balaban J connectivity index is 1.29. The first kappa shape index (κ1) is 29.7. The van der Waals surface area contributed by atoms with Crippen molar-refractivity contribution in [3.8, 4) is 22.5 Å². The zero-order valence-corrected chi connectivity index (χ0v) is 25.8. The molecule has 0 unspecified atom stereocenters. The Hall–Kier alpha value is -4.34. The zero-order chi connectivity index (χ0) is 30.1. The molecule has 1 aliphatic heterocycles. The topological polar surface area (TPSA) is 88.0 Å². The predicted molar refractivity (Wildman–Crippen MR) is 174 cm³/mol. The molecule has 0 saturated carbocycles. The lowest BCUT2D eigenvalue weighted by Gasteiger charge is -2.36. The number of ether oxygens (including phenoxy) is 1. The highest BCUT2D eigenvalue weighted by Crippen LogP contribution is 2.32. The maximum absolute atomic E-state index is 5.48. The van der Waals surface area contributed by atoms with Crippen molar-refractivity contribution in [3.05, 3.63) is 102 Å². The maximum Gasteiger partial charge on any atom is 0.180 e. The van der Waals surface area contributed by atoms with Crippen LogP contribution in [0.15, 0.2) is 78.9 Å². The molecule has 9 nitrogen and oxygen atoms in total. The summed E-state index contributed by atoms with van der Waals surface area (Å²) >= 11 is 0. The number of unbranched alkanes of at least 4 members (excludes halogenated alkanes) is 2. The first-order chi connectivity index (χ1) is 21.7. The molecule has 0 bridgehead atoms. The predicted octanol–water partition coefficient (Wildman–Crippen LogP) is 5.98. The first-order valence-electron chi connectivity index (χ1n) is 15.7. The lowest BCUT2D eigenvalue weighted by Crippen LogP contribution is -2.45. The van der Waals surface area contributed by atoms with Crippen LogP contribution in [0.5, 0.6) is 0 Å². The van der Waals surface area contributed by atoms with Crippen LogP contribution in [0.1, 0.15) is 48.8 Å². The zero-order valence-electron chi connectivity index (χ0n) is 25.8. The lowest BCUT2D eigenvalue weighted by atomic mass is 9.98. The molecule has 0 radical (unpaired) electrons. The molecule has 3 heterocycles. The Labute approximate surface area is 259 Å². The average Bonchev–Trinajstić information content (AvgIpc) is 3.73. The molecule has 0 fully saturated rings. The van der Waals surface area contributed by atoms with Gasteiger partial charge in [-0.1, -0.05) is 98.6 Å². The van der Waals surface area contributed by atoms with Crippen LogP contribution in [0.2, 0.25) is 0 Å². The summed E-state index contributed by atoms with van der Waals surface area (Å²) in [6.07, 6.45) is 5.53. The van der Waals surface area contributed by atoms with E-state index in [0.717, 1.165) is 74.6 Å². The normalized spacial score (nSPS) is 13.4. The number of aromatic amines is 1. The Bertz CT molecular complexity index is 1600. The van der Waals surface area contributed by atoms with E-state index in [0.29, 0.717) is 12.4 Å². The van der Waals surface area contributed by atoms with Crippen LogP contribution in [0, 0.1) is 0 Å². The van der Waals surface area contributed by atoms with Gasteiger partial charge in [-0.15, -0.1) is 5.10 Å². The monoisotopic (exact) mass is 590 g/mol. The van der Waals surface area contributed by atoms with Gasteiger partial charge in [-0.2, -0.15) is 0 Å². The Morgan fingerprint density at radius 1 is 0.841 bits per heavy atom. The largest absolute Gasteiger partial charge is 0.383 e. The van der Waals surface area contributed by atoms with Gasteiger partial charge in [0.1, 0.15) is 5.82 Å². The van der Waals surface area contributed by atoms with E-state index in [-0.39, 0.29) is 0 Å². The number of aromatic nitrogens is 6. The number of benzene rings is 3. The number of anilines is 1. The summed E-state index contributed by atoms with van der Waals surface area (Å²) in [5.41, 5.74) is 7.13. The molecule has 2 aromatic heterocycles. The molecule has 1 aliphatic rings. The third kappa shape index (κ3) is 6.90. The quantitative estimate of drug-likeness (QED) is 0.159. The van der Waals surface area contributed by atoms with Crippen molar-refractivity contribution in [3.63, 3.8) is 0 Å². The molecule has 0 amide bonds. The summed E-state index contributed by atoms with van der Waals surface area (Å²) in [5.74, 6) is 3.00. The molecule has 9 heteroatoms. The smallest absolute Gasteiger partial charge is 0.180 e. The van der Waals surface area contributed by atoms with Crippen molar-refractivity contribution in [2.24, 2.45) is 0 Å². The molecule has 6 rings (SSSR count). The second-order valence-electron chi connectivity index (χ2n) is 11.5. The van der Waals surface area contributed by atoms with Crippen LogP contribution in [0.4, 0.5) is 5.82 Å². The minimum Gasteiger partial charge on any atom is -0.383 e. The van der Waals surface area contributed by atoms with Crippen LogP contribution in [0.25, 0.3) is 22.5 Å². The number of nitrogens with zero attached hydrogens (tertiary/aromatic N) is 7. The number of hydrogen-bond donors (Lipinski definition) is 1. The number of nitrogens with one attached hydrogen (secondary N) is 1. The second-order valence-corrected chi connectivity index (χ2v) is 11.5. The minimum absolute atomic E-state index is 0.668. The molecule has 0 aliphatic carbocycles. The summed E-state index contributed by atoms with van der Waals surface area (Å²) < 4.78 is 7.97. The van der Waals surface area contributed by atoms with Crippen molar-refractivity contribution < 1.29 is 4.74 Å². The van der Waals surface area contributed by atoms with Crippen LogP contribution < -0.4 is 4.90 Å². The van der Waals surface area contributed by atoms with Crippen molar-refractivity contribution in [1.82, 2.24) is 35.1 Å². The third-order valence-corrected chi connectivity index (χ3v) is 8.44. The highest BCUT2D eigenvalue weighted by molar-refractivity contribution is 5.80. The first-order valence-corrected chi connectivity index (χ1v) is 15.7. The number of H-pyrrole nitrogens is 1. The van der Waals surface area contributed by atoms with Gasteiger partial charge >= 0.3 is 0 Å². The SMILES string of the molecule is CCCCCc1nc2c(n1Cc1ccc(-c3ccccc3-c3nnn[nH]3)cc1)CN(CCOC)CN2CCc1ccccc1. The molecular formula is C35H42N8O. The van der Waals surface area contributed by atoms with Crippen molar-refractivity contribution in [2.75, 3.05) is 38.4 Å². The number of aryl methyl sites for hydroxylation is 1. The fraction of sp³-hybridized carbons (Fsp3) is 0.371. The molecular weight excluding hydrogens is 548 g/mol. The van der Waals surface area contributed by atoms with E-state index in [2.05, 4.69) is 109 Å². The number of rotatable bonds is 14. The van der Waals surface area contributed by atoms with E-state index in [1.807, 2.05) is 12.1 Å². The Morgan fingerprint density at radius 2 is 1.64 bits per heavy atom. The van der Waals surface area contributed by atoms with Gasteiger partial charge in [-0.05, 0) is 45.5 Å². The number of methoxy groups -OCH3 is 1. The molecule has 0 saturated heterocycles. The number of tetrazole rings is 1. The fourth-order valence-corrected chi connectivity index (χ4v) is 6.06. The highest BCUT2D eigenvalue weighted by Gasteiger charge is 2.29. The van der Waals surface area contributed by atoms with E-state index < -0.39 is 0 Å². The Morgan fingerprint density at radius 3 is 2.39 bits per heavy atom. The maximum atomic E-state index is 5.48. The van der Waals surface area contributed by atoms with Crippen molar-refractivity contribution in [1.29, 1.82) is 0 Å². The van der Waals surface area contributed by atoms with E-state index in [1.54, 1.807) is 7.11 Å². The summed E-state index contributed by atoms with van der Waals surface area (Å²) in [6, 6.07) is 27.9. The van der Waals surface area contributed by atoms with Gasteiger partial charge in [0.25, 0.3) is 0 Å². The van der Waals surface area contributed by atoms with Crippen molar-refractivity contribution in [2.45, 2.75) is 52.1 Å². The van der Waals surface area contributed by atoms with E-state index in [1.165, 1.54) is 35.5 Å². The van der Waals surface area contributed by atoms with E-state index in [9.17, 15) is 0 Å². The number of fused-ring (bicyclic) bond motifs is 1. The summed E-state index contributed by atoms with van der Waals surface area (Å²) in [5, 5.41) is 14.6. The average molecular weight is 591 g/mol. The van der Waals surface area contributed by atoms with Crippen LogP contribution >= 0.6 is 0 Å². The van der Waals surface area contributed by atoms with Gasteiger partial charge in [0, 0.05) is 45.3 Å². The van der Waals surface area contributed by atoms with Gasteiger partial charge in [0.2, 0.25) is 0 Å². The second kappa shape index (κ2) is 14.4. The number of imidazole rings is 1. The molecule has 0 spiro atoms. The van der Waals surface area contributed by atoms with Crippen LogP contribution in [-0.2, 0) is 30.7 Å². The van der Waals surface area contributed by atoms with Gasteiger partial charge < -0.3 is 14.2 Å². The van der Waals surface area contributed by atoms with Gasteiger partial charge in [-0.25, -0.2) is 10.1 Å². The summed E-state index contributed by atoms with van der Waals surface area (Å²) in [4.78, 5) is 10.3. The summed E-state index contributed by atoms with van der Waals surface area (Å²) in [7, 11) is 1.78. The molecule has 3 aromatic carbocycles. The molecule has 44 heavy (non-hydrogen) atoms. The number of hydrogen-bond acceptors (Lipinski definition) is 7. The standard InChI is InChI=1S/C35H42N8O/c1-3-4-6-15-33-36-35-32(25-41(22-23-44-2)26-42(35)21-20-27-11-7-5-8-12-27)43(33)24-28-16-18-29(19-17-28)30-13-9-10-14-31(30)34-37-39-40-38-34/h5,7-14,16-19H,3-4,6,15,20-26H2,1-2H3,(H,37,38,39,40). The summed E-state index contributed by atoms with van der Waals surface area (Å²) in [6.45, 7) is 7.33. The van der Waals surface area contributed by atoms with Crippen molar-refractivity contribution >= 4 is 5.82 Å². The van der Waals surface area contributed by atoms with Gasteiger partial charge in [0.05, 0.1) is 19.0 Å². The minimum atomic E-state index is 0.668. The van der Waals surface area contributed by atoms with Crippen LogP contribution in [-0.4, -0.2) is 68.6 Å². The van der Waals surface area contributed by atoms with Crippen LogP contribution in [0.3, 0.4) is 0 Å². The van der Waals surface area contributed by atoms with Gasteiger partial charge in [0.15, 0.2) is 11.6 Å². The van der Waals surface area contributed by atoms with E-state index in [4.69, 9.17) is 9.72 Å². The van der Waals surface area contributed by atoms with E-state index >= 15 is 0 Å². The molecule has 5 aromatic rings.